The van der Waals surface area contributed by atoms with Gasteiger partial charge in [0.05, 0.1) is 25.2 Å². The molecule has 2 heterocycles. The largest absolute Gasteiger partial charge is 0.472 e. The normalized spacial score (nSPS) is 22.5. The van der Waals surface area contributed by atoms with E-state index in [2.05, 4.69) is 17.3 Å². The number of nitrogens with one attached hydrogen (secondary N) is 1. The first kappa shape index (κ1) is 15.4. The van der Waals surface area contributed by atoms with E-state index in [0.717, 1.165) is 31.8 Å². The van der Waals surface area contributed by atoms with Crippen molar-refractivity contribution >= 4 is 6.03 Å². The smallest absolute Gasteiger partial charge is 0.317 e. The third-order valence-corrected chi connectivity index (χ3v) is 4.25. The van der Waals surface area contributed by atoms with Crippen LogP contribution < -0.4 is 5.32 Å². The third kappa shape index (κ3) is 4.48. The number of hydrogen-bond acceptors (Lipinski definition) is 4. The van der Waals surface area contributed by atoms with E-state index in [1.165, 1.54) is 12.8 Å². The Hall–Kier alpha value is -1.53. The first-order chi connectivity index (χ1) is 10.7. The predicted molar refractivity (Wildman–Crippen MR) is 82.5 cm³/mol. The summed E-state index contributed by atoms with van der Waals surface area (Å²) >= 11 is 0. The molecule has 1 aromatic rings. The van der Waals surface area contributed by atoms with Gasteiger partial charge < -0.3 is 24.3 Å². The van der Waals surface area contributed by atoms with Crippen LogP contribution in [0.4, 0.5) is 4.79 Å². The fourth-order valence-corrected chi connectivity index (χ4v) is 2.76. The summed E-state index contributed by atoms with van der Waals surface area (Å²) in [5.74, 6) is 0.668. The maximum absolute atomic E-state index is 12.5. The minimum Gasteiger partial charge on any atom is -0.472 e. The summed E-state index contributed by atoms with van der Waals surface area (Å²) in [5.41, 5.74) is 0.980. The number of hydrogen-bond donors (Lipinski definition) is 1. The summed E-state index contributed by atoms with van der Waals surface area (Å²) in [5, 5.41) is 2.98. The number of carbonyl (C=O) groups excluding carboxylic acids is 1. The molecule has 6 nitrogen and oxygen atoms in total. The molecule has 3 rings (SSSR count). The Morgan fingerprint density at radius 1 is 1.45 bits per heavy atom. The second kappa shape index (κ2) is 7.15. The van der Waals surface area contributed by atoms with Gasteiger partial charge in [0, 0.05) is 38.3 Å². The number of rotatable bonds is 6. The van der Waals surface area contributed by atoms with Crippen LogP contribution in [0.1, 0.15) is 18.4 Å². The summed E-state index contributed by atoms with van der Waals surface area (Å²) in [7, 11) is 2.10. The Labute approximate surface area is 131 Å². The van der Waals surface area contributed by atoms with Crippen molar-refractivity contribution in [1.29, 1.82) is 0 Å². The molecule has 0 aromatic carbocycles. The Kier molecular flexibility index (Phi) is 5.00. The van der Waals surface area contributed by atoms with E-state index < -0.39 is 0 Å². The van der Waals surface area contributed by atoms with Crippen molar-refractivity contribution in [3.05, 3.63) is 24.2 Å². The summed E-state index contributed by atoms with van der Waals surface area (Å²) in [6.45, 7) is 4.60. The maximum Gasteiger partial charge on any atom is 0.317 e. The molecule has 1 aliphatic heterocycles. The average molecular weight is 307 g/mol. The van der Waals surface area contributed by atoms with Gasteiger partial charge in [0.2, 0.25) is 0 Å². The molecule has 1 aliphatic carbocycles. The molecule has 0 spiro atoms. The molecule has 1 N–H and O–H groups in total. The highest BCUT2D eigenvalue weighted by atomic mass is 16.5. The zero-order valence-corrected chi connectivity index (χ0v) is 13.2. The van der Waals surface area contributed by atoms with Crippen LogP contribution >= 0.6 is 0 Å². The van der Waals surface area contributed by atoms with Crippen molar-refractivity contribution in [2.75, 3.05) is 39.8 Å². The number of nitrogens with zero attached hydrogens (tertiary/aromatic N) is 2. The van der Waals surface area contributed by atoms with Gasteiger partial charge in [0.15, 0.2) is 0 Å². The molecule has 2 amide bonds. The first-order valence-electron chi connectivity index (χ1n) is 8.04. The van der Waals surface area contributed by atoms with Gasteiger partial charge in [-0.05, 0) is 31.9 Å². The molecule has 1 aromatic heterocycles. The minimum atomic E-state index is -0.00933. The van der Waals surface area contributed by atoms with Crippen LogP contribution in [-0.2, 0) is 11.3 Å². The van der Waals surface area contributed by atoms with Crippen LogP contribution in [-0.4, -0.2) is 61.8 Å². The quantitative estimate of drug-likeness (QED) is 0.866. The van der Waals surface area contributed by atoms with Crippen LogP contribution in [0.15, 0.2) is 23.0 Å². The van der Waals surface area contributed by atoms with Gasteiger partial charge in [-0.15, -0.1) is 0 Å². The monoisotopic (exact) mass is 307 g/mol. The van der Waals surface area contributed by atoms with Crippen LogP contribution in [0.5, 0.6) is 0 Å². The zero-order chi connectivity index (χ0) is 15.4. The van der Waals surface area contributed by atoms with E-state index in [9.17, 15) is 4.79 Å². The Morgan fingerprint density at radius 2 is 2.32 bits per heavy atom. The fourth-order valence-electron chi connectivity index (χ4n) is 2.76. The SMILES string of the molecule is CN1CCOC(CN(CC2CC2)C(=O)NCc2ccoc2)C1. The standard InChI is InChI=1S/C16H25N3O3/c1-18-5-7-22-15(10-18)11-19(9-13-2-3-13)16(20)17-8-14-4-6-21-12-14/h4,6,12-13,15H,2-3,5,7-11H2,1H3,(H,17,20). The summed E-state index contributed by atoms with van der Waals surface area (Å²) < 4.78 is 10.8. The number of furan rings is 1. The Balaban J connectivity index is 1.52. The number of carbonyl (C=O) groups is 1. The second-order valence-corrected chi connectivity index (χ2v) is 6.39. The van der Waals surface area contributed by atoms with E-state index in [-0.39, 0.29) is 12.1 Å². The number of likely N-dealkylation sites (N-methyl/N-ethyl adjacent to an activating group) is 1. The Bertz CT molecular complexity index is 473. The third-order valence-electron chi connectivity index (χ3n) is 4.25. The van der Waals surface area contributed by atoms with Crippen LogP contribution in [0.25, 0.3) is 0 Å². The molecule has 1 saturated heterocycles. The lowest BCUT2D eigenvalue weighted by Crippen LogP contribution is -2.50. The van der Waals surface area contributed by atoms with Crippen LogP contribution in [0.2, 0.25) is 0 Å². The lowest BCUT2D eigenvalue weighted by atomic mass is 10.2. The van der Waals surface area contributed by atoms with E-state index >= 15 is 0 Å². The molecule has 6 heteroatoms. The molecule has 2 aliphatic rings. The molecule has 2 fully saturated rings. The van der Waals surface area contributed by atoms with Crippen molar-refractivity contribution in [2.24, 2.45) is 5.92 Å². The molecular weight excluding hydrogens is 282 g/mol. The van der Waals surface area contributed by atoms with E-state index in [0.29, 0.717) is 19.0 Å². The first-order valence-corrected chi connectivity index (χ1v) is 8.04. The molecule has 122 valence electrons. The van der Waals surface area contributed by atoms with E-state index in [4.69, 9.17) is 9.15 Å². The van der Waals surface area contributed by atoms with Gasteiger partial charge in [0.25, 0.3) is 0 Å². The highest BCUT2D eigenvalue weighted by molar-refractivity contribution is 5.74. The van der Waals surface area contributed by atoms with Crippen molar-refractivity contribution in [3.63, 3.8) is 0 Å². The van der Waals surface area contributed by atoms with Gasteiger partial charge in [-0.3, -0.25) is 0 Å². The van der Waals surface area contributed by atoms with Crippen molar-refractivity contribution in [3.8, 4) is 0 Å². The van der Waals surface area contributed by atoms with Crippen LogP contribution in [0, 0.1) is 5.92 Å². The number of morpholine rings is 1. The summed E-state index contributed by atoms with van der Waals surface area (Å²) in [4.78, 5) is 16.6. The maximum atomic E-state index is 12.5. The average Bonchev–Trinajstić information content (AvgIpc) is 3.16. The molecular formula is C16H25N3O3. The van der Waals surface area contributed by atoms with Gasteiger partial charge >= 0.3 is 6.03 Å². The molecule has 0 radical (unpaired) electrons. The Morgan fingerprint density at radius 3 is 3.00 bits per heavy atom. The second-order valence-electron chi connectivity index (χ2n) is 6.39. The van der Waals surface area contributed by atoms with Crippen molar-refractivity contribution in [2.45, 2.75) is 25.5 Å². The highest BCUT2D eigenvalue weighted by Gasteiger charge is 2.29. The predicted octanol–water partition coefficient (Wildman–Crippen LogP) is 1.53. The van der Waals surface area contributed by atoms with Crippen molar-refractivity contribution in [1.82, 2.24) is 15.1 Å². The lowest BCUT2D eigenvalue weighted by Gasteiger charge is -2.34. The molecule has 22 heavy (non-hydrogen) atoms. The highest BCUT2D eigenvalue weighted by Crippen LogP contribution is 2.30. The number of urea groups is 1. The van der Waals surface area contributed by atoms with Gasteiger partial charge in [0.1, 0.15) is 0 Å². The van der Waals surface area contributed by atoms with Crippen LogP contribution in [0.3, 0.4) is 0 Å². The minimum absolute atomic E-state index is 0.00933. The van der Waals surface area contributed by atoms with E-state index in [1.54, 1.807) is 12.5 Å². The zero-order valence-electron chi connectivity index (χ0n) is 13.2. The number of amides is 2. The number of ether oxygens (including phenoxy) is 1. The fraction of sp³-hybridized carbons (Fsp3) is 0.688. The lowest BCUT2D eigenvalue weighted by molar-refractivity contribution is -0.0308. The van der Waals surface area contributed by atoms with Crippen molar-refractivity contribution < 1.29 is 13.9 Å². The van der Waals surface area contributed by atoms with E-state index in [1.807, 2.05) is 11.0 Å². The molecule has 1 unspecified atom stereocenters. The summed E-state index contributed by atoms with van der Waals surface area (Å²) in [6.07, 6.45) is 5.85. The molecule has 0 bridgehead atoms. The van der Waals surface area contributed by atoms with Gasteiger partial charge in [-0.1, -0.05) is 0 Å². The topological polar surface area (TPSA) is 58.0 Å². The molecule has 1 saturated carbocycles. The summed E-state index contributed by atoms with van der Waals surface area (Å²) in [6, 6.07) is 1.86. The molecule has 1 atom stereocenters. The van der Waals surface area contributed by atoms with Gasteiger partial charge in [-0.2, -0.15) is 0 Å². The van der Waals surface area contributed by atoms with Gasteiger partial charge in [-0.25, -0.2) is 4.79 Å².